The zero-order chi connectivity index (χ0) is 20.6. The first kappa shape index (κ1) is 21.1. The Kier molecular flexibility index (Phi) is 7.43. The maximum atomic E-state index is 12.1. The van der Waals surface area contributed by atoms with Gasteiger partial charge in [-0.05, 0) is 48.7 Å². The number of carbonyl (C=O) groups is 1. The summed E-state index contributed by atoms with van der Waals surface area (Å²) in [4.78, 5) is 12.1. The number of halogens is 1. The van der Waals surface area contributed by atoms with Crippen LogP contribution in [0.2, 0.25) is 5.02 Å². The molecule has 150 valence electrons. The monoisotopic (exact) mass is 427 g/mol. The number of hydrogen-bond acceptors (Lipinski definition) is 5. The molecule has 1 N–H and O–H groups in total. The molecule has 1 heterocycles. The van der Waals surface area contributed by atoms with Gasteiger partial charge in [0.15, 0.2) is 11.0 Å². The molecule has 0 atom stereocenters. The zero-order valence-corrected chi connectivity index (χ0v) is 17.9. The number of nitrogens with one attached hydrogen (secondary N) is 1. The molecule has 0 bridgehead atoms. The Balaban J connectivity index is 1.57. The third-order valence-electron chi connectivity index (χ3n) is 4.26. The highest BCUT2D eigenvalue weighted by Gasteiger charge is 2.14. The van der Waals surface area contributed by atoms with Crippen LogP contribution in [0.5, 0.6) is 0 Å². The minimum absolute atomic E-state index is 0.199. The van der Waals surface area contributed by atoms with Crippen LogP contribution < -0.4 is 5.43 Å². The maximum Gasteiger partial charge on any atom is 0.250 e. The molecule has 0 aliphatic heterocycles. The Hall–Kier alpha value is -2.64. The van der Waals surface area contributed by atoms with Gasteiger partial charge in [-0.3, -0.25) is 4.79 Å². The fraction of sp³-hybridized carbons (Fsp3) is 0.238. The van der Waals surface area contributed by atoms with E-state index in [-0.39, 0.29) is 11.7 Å². The molecule has 6 nitrogen and oxygen atoms in total. The largest absolute Gasteiger partial charge is 0.302 e. The number of thioether (sulfide) groups is 1. The first-order valence-corrected chi connectivity index (χ1v) is 10.7. The molecule has 0 spiro atoms. The molecule has 3 aromatic rings. The van der Waals surface area contributed by atoms with Crippen molar-refractivity contribution < 1.29 is 4.79 Å². The Morgan fingerprint density at radius 2 is 1.86 bits per heavy atom. The van der Waals surface area contributed by atoms with Crippen molar-refractivity contribution in [2.24, 2.45) is 5.10 Å². The summed E-state index contributed by atoms with van der Waals surface area (Å²) in [6, 6.07) is 15.5. The summed E-state index contributed by atoms with van der Waals surface area (Å²) >= 11 is 7.28. The summed E-state index contributed by atoms with van der Waals surface area (Å²) in [5, 5.41) is 13.9. The molecule has 2 aromatic carbocycles. The Morgan fingerprint density at radius 1 is 1.14 bits per heavy atom. The van der Waals surface area contributed by atoms with Gasteiger partial charge < -0.3 is 4.57 Å². The summed E-state index contributed by atoms with van der Waals surface area (Å²) in [5.74, 6) is 0.751. The number of carbonyl (C=O) groups excluding carboxylic acids is 1. The van der Waals surface area contributed by atoms with Crippen LogP contribution in [0.3, 0.4) is 0 Å². The third-order valence-corrected chi connectivity index (χ3v) is 5.48. The normalized spacial score (nSPS) is 11.1. The second kappa shape index (κ2) is 10.2. The van der Waals surface area contributed by atoms with Gasteiger partial charge in [-0.15, -0.1) is 10.2 Å². The summed E-state index contributed by atoms with van der Waals surface area (Å²) < 4.78 is 1.97. The van der Waals surface area contributed by atoms with E-state index in [9.17, 15) is 4.79 Å². The summed E-state index contributed by atoms with van der Waals surface area (Å²) in [7, 11) is 0. The highest BCUT2D eigenvalue weighted by Crippen LogP contribution is 2.24. The van der Waals surface area contributed by atoms with E-state index >= 15 is 0 Å². The first-order valence-electron chi connectivity index (χ1n) is 9.33. The number of rotatable bonds is 8. The molecule has 29 heavy (non-hydrogen) atoms. The van der Waals surface area contributed by atoms with E-state index in [2.05, 4.69) is 39.8 Å². The quantitative estimate of drug-likeness (QED) is 0.328. The summed E-state index contributed by atoms with van der Waals surface area (Å²) in [5.41, 5.74) is 5.68. The maximum absolute atomic E-state index is 12.1. The van der Waals surface area contributed by atoms with Crippen molar-refractivity contribution in [3.63, 3.8) is 0 Å². The first-order chi connectivity index (χ1) is 14.1. The Morgan fingerprint density at radius 3 is 2.52 bits per heavy atom. The van der Waals surface area contributed by atoms with E-state index in [1.807, 2.05) is 47.9 Å². The van der Waals surface area contributed by atoms with Crippen molar-refractivity contribution in [3.05, 3.63) is 64.7 Å². The van der Waals surface area contributed by atoms with Crippen LogP contribution in [-0.4, -0.2) is 32.6 Å². The average molecular weight is 428 g/mol. The van der Waals surface area contributed by atoms with E-state index in [0.717, 1.165) is 23.4 Å². The van der Waals surface area contributed by atoms with Gasteiger partial charge in [0, 0.05) is 17.1 Å². The number of amides is 1. The van der Waals surface area contributed by atoms with Gasteiger partial charge in [-0.1, -0.05) is 54.6 Å². The number of hydrogen-bond donors (Lipinski definition) is 1. The molecular weight excluding hydrogens is 406 g/mol. The molecule has 1 aromatic heterocycles. The van der Waals surface area contributed by atoms with Gasteiger partial charge in [0.1, 0.15) is 0 Å². The lowest BCUT2D eigenvalue weighted by atomic mass is 10.1. The van der Waals surface area contributed by atoms with Gasteiger partial charge in [0.2, 0.25) is 0 Å². The Bertz CT molecular complexity index is 983. The van der Waals surface area contributed by atoms with Crippen molar-refractivity contribution in [3.8, 4) is 11.4 Å². The molecule has 0 aliphatic carbocycles. The number of aromatic nitrogens is 3. The number of aryl methyl sites for hydroxylation is 1. The molecule has 1 amide bonds. The minimum Gasteiger partial charge on any atom is -0.302 e. The van der Waals surface area contributed by atoms with Crippen molar-refractivity contribution in [1.82, 2.24) is 20.2 Å². The molecular formula is C21H22ClN5OS. The highest BCUT2D eigenvalue weighted by molar-refractivity contribution is 7.99. The van der Waals surface area contributed by atoms with Crippen molar-refractivity contribution >= 4 is 35.5 Å². The second-order valence-corrected chi connectivity index (χ2v) is 7.61. The lowest BCUT2D eigenvalue weighted by Crippen LogP contribution is -2.20. The smallest absolute Gasteiger partial charge is 0.250 e. The number of hydrazone groups is 1. The van der Waals surface area contributed by atoms with E-state index in [1.54, 1.807) is 6.21 Å². The SMILES string of the molecule is CCc1ccc(/C=N/NC(=O)CSc2nnc(-c3ccc(Cl)cc3)n2CC)cc1. The lowest BCUT2D eigenvalue weighted by Gasteiger charge is -2.07. The minimum atomic E-state index is -0.199. The number of benzene rings is 2. The molecule has 8 heteroatoms. The molecule has 3 rings (SSSR count). The van der Waals surface area contributed by atoms with Gasteiger partial charge in [0.25, 0.3) is 5.91 Å². The molecule has 0 saturated carbocycles. The predicted octanol–water partition coefficient (Wildman–Crippen LogP) is 4.42. The van der Waals surface area contributed by atoms with Crippen LogP contribution in [0.15, 0.2) is 58.8 Å². The third kappa shape index (κ3) is 5.68. The summed E-state index contributed by atoms with van der Waals surface area (Å²) in [6.45, 7) is 4.82. The van der Waals surface area contributed by atoms with Crippen LogP contribution in [0.1, 0.15) is 25.0 Å². The molecule has 0 saturated heterocycles. The zero-order valence-electron chi connectivity index (χ0n) is 16.3. The molecule has 0 fully saturated rings. The van der Waals surface area contributed by atoms with Gasteiger partial charge in [0.05, 0.1) is 12.0 Å². The van der Waals surface area contributed by atoms with Crippen LogP contribution in [0.25, 0.3) is 11.4 Å². The summed E-state index contributed by atoms with van der Waals surface area (Å²) in [6.07, 6.45) is 2.63. The van der Waals surface area contributed by atoms with E-state index < -0.39 is 0 Å². The van der Waals surface area contributed by atoms with E-state index in [1.165, 1.54) is 17.3 Å². The average Bonchev–Trinajstić information content (AvgIpc) is 3.16. The van der Waals surface area contributed by atoms with Gasteiger partial charge >= 0.3 is 0 Å². The van der Waals surface area contributed by atoms with Crippen LogP contribution >= 0.6 is 23.4 Å². The molecule has 0 aliphatic rings. The van der Waals surface area contributed by atoms with Crippen molar-refractivity contribution in [1.29, 1.82) is 0 Å². The lowest BCUT2D eigenvalue weighted by molar-refractivity contribution is -0.118. The van der Waals surface area contributed by atoms with Crippen molar-refractivity contribution in [2.45, 2.75) is 32.0 Å². The van der Waals surface area contributed by atoms with Crippen LogP contribution in [-0.2, 0) is 17.8 Å². The molecule has 0 radical (unpaired) electrons. The van der Waals surface area contributed by atoms with E-state index in [4.69, 9.17) is 11.6 Å². The predicted molar refractivity (Wildman–Crippen MR) is 118 cm³/mol. The standard InChI is InChI=1S/C21H22ClN5OS/c1-3-15-5-7-16(8-6-15)13-23-24-19(28)14-29-21-26-25-20(27(21)4-2)17-9-11-18(22)12-10-17/h5-13H,3-4,14H2,1-2H3,(H,24,28)/b23-13+. The fourth-order valence-electron chi connectivity index (χ4n) is 2.67. The van der Waals surface area contributed by atoms with Gasteiger partial charge in [-0.2, -0.15) is 5.10 Å². The Labute approximate surface area is 179 Å². The second-order valence-electron chi connectivity index (χ2n) is 6.23. The van der Waals surface area contributed by atoms with Crippen LogP contribution in [0, 0.1) is 0 Å². The fourth-order valence-corrected chi connectivity index (χ4v) is 3.59. The van der Waals surface area contributed by atoms with Gasteiger partial charge in [-0.25, -0.2) is 5.43 Å². The topological polar surface area (TPSA) is 72.2 Å². The molecule has 0 unspecified atom stereocenters. The highest BCUT2D eigenvalue weighted by atomic mass is 35.5. The number of nitrogens with zero attached hydrogens (tertiary/aromatic N) is 4. The van der Waals surface area contributed by atoms with Crippen LogP contribution in [0.4, 0.5) is 0 Å². The van der Waals surface area contributed by atoms with E-state index in [0.29, 0.717) is 16.7 Å². The van der Waals surface area contributed by atoms with Crippen molar-refractivity contribution in [2.75, 3.05) is 5.75 Å².